The van der Waals surface area contributed by atoms with Gasteiger partial charge in [-0.3, -0.25) is 14.5 Å². The smallest absolute Gasteiger partial charge is 0.342 e. The zero-order valence-electron chi connectivity index (χ0n) is 13.2. The van der Waals surface area contributed by atoms with Crippen molar-refractivity contribution < 1.29 is 23.9 Å². The summed E-state index contributed by atoms with van der Waals surface area (Å²) in [7, 11) is 0. The summed E-state index contributed by atoms with van der Waals surface area (Å²) in [5.74, 6) is -0.782. The van der Waals surface area contributed by atoms with Crippen molar-refractivity contribution >= 4 is 23.5 Å². The van der Waals surface area contributed by atoms with Gasteiger partial charge in [-0.2, -0.15) is 0 Å². The first-order valence-corrected chi connectivity index (χ1v) is 7.35. The van der Waals surface area contributed by atoms with Gasteiger partial charge in [0.2, 0.25) is 12.1 Å². The van der Waals surface area contributed by atoms with E-state index in [1.54, 1.807) is 48.5 Å². The first kappa shape index (κ1) is 15.7. The van der Waals surface area contributed by atoms with Crippen LogP contribution in [0.15, 0.2) is 48.5 Å². The Balaban J connectivity index is 1.99. The maximum atomic E-state index is 12.2. The number of nitrogens with zero attached hydrogens (tertiary/aromatic N) is 1. The molecule has 2 aromatic rings. The first-order chi connectivity index (χ1) is 11.5. The van der Waals surface area contributed by atoms with Gasteiger partial charge in [0.15, 0.2) is 0 Å². The molecule has 122 valence electrons. The number of rotatable bonds is 2. The van der Waals surface area contributed by atoms with Gasteiger partial charge in [-0.15, -0.1) is 0 Å². The molecule has 1 aliphatic rings. The maximum Gasteiger partial charge on any atom is 0.342 e. The van der Waals surface area contributed by atoms with Gasteiger partial charge < -0.3 is 9.47 Å². The van der Waals surface area contributed by atoms with E-state index in [-0.39, 0.29) is 5.91 Å². The molecule has 6 heteroatoms. The summed E-state index contributed by atoms with van der Waals surface area (Å²) in [6, 6.07) is 13.3. The van der Waals surface area contributed by atoms with Gasteiger partial charge in [-0.25, -0.2) is 4.79 Å². The third kappa shape index (κ3) is 2.86. The van der Waals surface area contributed by atoms with Crippen molar-refractivity contribution in [3.05, 3.63) is 59.7 Å². The number of fused-ring (bicyclic) bond motifs is 1. The van der Waals surface area contributed by atoms with Crippen LogP contribution < -0.4 is 9.64 Å². The Kier molecular flexibility index (Phi) is 4.04. The highest BCUT2D eigenvalue weighted by molar-refractivity contribution is 6.04. The fourth-order valence-corrected chi connectivity index (χ4v) is 2.62. The largest absolute Gasteiger partial charge is 0.433 e. The third-order valence-electron chi connectivity index (χ3n) is 3.60. The lowest BCUT2D eigenvalue weighted by Crippen LogP contribution is -2.40. The summed E-state index contributed by atoms with van der Waals surface area (Å²) in [4.78, 5) is 36.8. The van der Waals surface area contributed by atoms with Crippen molar-refractivity contribution in [3.8, 4) is 5.75 Å². The van der Waals surface area contributed by atoms with Crippen LogP contribution in [0, 0.1) is 0 Å². The van der Waals surface area contributed by atoms with Crippen LogP contribution in [-0.2, 0) is 14.3 Å². The standard InChI is InChI=1S/C18H15NO5/c1-11(20)19-16-6-4-3-5-15(16)18(22)24-17(19)13-7-9-14(10-8-13)23-12(2)21/h3-10,17H,1-2H3/t17-/m1/s1. The second kappa shape index (κ2) is 6.16. The van der Waals surface area contributed by atoms with Crippen LogP contribution in [0.4, 0.5) is 5.69 Å². The number of para-hydroxylation sites is 1. The van der Waals surface area contributed by atoms with Crippen molar-refractivity contribution in [2.24, 2.45) is 0 Å². The number of ether oxygens (including phenoxy) is 2. The van der Waals surface area contributed by atoms with Crippen LogP contribution in [0.1, 0.15) is 36.0 Å². The number of amides is 1. The second-order valence-electron chi connectivity index (χ2n) is 5.33. The van der Waals surface area contributed by atoms with Gasteiger partial charge in [-0.05, 0) is 36.4 Å². The molecular formula is C18H15NO5. The lowest BCUT2D eigenvalue weighted by Gasteiger charge is -2.35. The van der Waals surface area contributed by atoms with E-state index in [0.717, 1.165) is 0 Å². The Morgan fingerprint density at radius 2 is 1.71 bits per heavy atom. The molecule has 2 aromatic carbocycles. The number of carbonyl (C=O) groups excluding carboxylic acids is 3. The van der Waals surface area contributed by atoms with Gasteiger partial charge in [0.05, 0.1) is 11.3 Å². The molecule has 1 aliphatic heterocycles. The van der Waals surface area contributed by atoms with E-state index in [0.29, 0.717) is 22.6 Å². The molecule has 0 saturated carbocycles. The highest BCUT2D eigenvalue weighted by atomic mass is 16.6. The van der Waals surface area contributed by atoms with E-state index in [1.807, 2.05) is 0 Å². The van der Waals surface area contributed by atoms with Crippen LogP contribution in [0.3, 0.4) is 0 Å². The van der Waals surface area contributed by atoms with E-state index in [9.17, 15) is 14.4 Å². The predicted octanol–water partition coefficient (Wildman–Crippen LogP) is 2.83. The number of esters is 2. The molecule has 0 saturated heterocycles. The van der Waals surface area contributed by atoms with Gasteiger partial charge in [-0.1, -0.05) is 12.1 Å². The van der Waals surface area contributed by atoms with Crippen molar-refractivity contribution in [3.63, 3.8) is 0 Å². The summed E-state index contributed by atoms with van der Waals surface area (Å²) in [5, 5.41) is 0. The van der Waals surface area contributed by atoms with Crippen molar-refractivity contribution in [2.75, 3.05) is 4.90 Å². The Hall–Kier alpha value is -3.15. The van der Waals surface area contributed by atoms with E-state index >= 15 is 0 Å². The molecule has 0 unspecified atom stereocenters. The summed E-state index contributed by atoms with van der Waals surface area (Å²) in [6.45, 7) is 2.72. The minimum atomic E-state index is -0.865. The van der Waals surface area contributed by atoms with Crippen molar-refractivity contribution in [1.29, 1.82) is 0 Å². The summed E-state index contributed by atoms with van der Waals surface area (Å²) >= 11 is 0. The van der Waals surface area contributed by atoms with Crippen LogP contribution in [0.25, 0.3) is 0 Å². The monoisotopic (exact) mass is 325 g/mol. The molecule has 1 heterocycles. The number of hydrogen-bond donors (Lipinski definition) is 0. The molecule has 0 bridgehead atoms. The molecular weight excluding hydrogens is 310 g/mol. The van der Waals surface area contributed by atoms with E-state index in [1.165, 1.54) is 18.7 Å². The Morgan fingerprint density at radius 1 is 1.04 bits per heavy atom. The number of benzene rings is 2. The molecule has 0 spiro atoms. The normalized spacial score (nSPS) is 16.2. The summed E-state index contributed by atoms with van der Waals surface area (Å²) in [6.07, 6.45) is -0.865. The number of anilines is 1. The quantitative estimate of drug-likeness (QED) is 0.627. The maximum absolute atomic E-state index is 12.2. The summed E-state index contributed by atoms with van der Waals surface area (Å²) in [5.41, 5.74) is 1.46. The van der Waals surface area contributed by atoms with Gasteiger partial charge in [0.25, 0.3) is 0 Å². The molecule has 0 fully saturated rings. The molecule has 0 aliphatic carbocycles. The number of hydrogen-bond acceptors (Lipinski definition) is 5. The molecule has 24 heavy (non-hydrogen) atoms. The summed E-state index contributed by atoms with van der Waals surface area (Å²) < 4.78 is 10.4. The Labute approximate surface area is 138 Å². The molecule has 1 atom stereocenters. The predicted molar refractivity (Wildman–Crippen MR) is 85.5 cm³/mol. The molecule has 3 rings (SSSR count). The van der Waals surface area contributed by atoms with E-state index in [2.05, 4.69) is 0 Å². The lowest BCUT2D eigenvalue weighted by atomic mass is 10.1. The van der Waals surface area contributed by atoms with Crippen molar-refractivity contribution in [2.45, 2.75) is 20.1 Å². The van der Waals surface area contributed by atoms with Gasteiger partial charge >= 0.3 is 11.9 Å². The molecule has 0 radical (unpaired) electrons. The third-order valence-corrected chi connectivity index (χ3v) is 3.60. The first-order valence-electron chi connectivity index (χ1n) is 7.35. The average molecular weight is 325 g/mol. The van der Waals surface area contributed by atoms with Gasteiger partial charge in [0.1, 0.15) is 5.75 Å². The zero-order valence-corrected chi connectivity index (χ0v) is 13.2. The van der Waals surface area contributed by atoms with Crippen molar-refractivity contribution in [1.82, 2.24) is 0 Å². The average Bonchev–Trinajstić information content (AvgIpc) is 2.54. The lowest BCUT2D eigenvalue weighted by molar-refractivity contribution is -0.131. The van der Waals surface area contributed by atoms with E-state index < -0.39 is 18.2 Å². The van der Waals surface area contributed by atoms with E-state index in [4.69, 9.17) is 9.47 Å². The fraction of sp³-hybridized carbons (Fsp3) is 0.167. The topological polar surface area (TPSA) is 72.9 Å². The highest BCUT2D eigenvalue weighted by Crippen LogP contribution is 2.37. The molecule has 1 amide bonds. The zero-order chi connectivity index (χ0) is 17.3. The SMILES string of the molecule is CC(=O)Oc1ccc([C@H]2OC(=O)c3ccccc3N2C(C)=O)cc1. The minimum Gasteiger partial charge on any atom is -0.433 e. The highest BCUT2D eigenvalue weighted by Gasteiger charge is 2.36. The second-order valence-corrected chi connectivity index (χ2v) is 5.33. The minimum absolute atomic E-state index is 0.246. The number of carbonyl (C=O) groups is 3. The molecule has 0 aromatic heterocycles. The Bertz CT molecular complexity index is 812. The van der Waals surface area contributed by atoms with Gasteiger partial charge in [0, 0.05) is 19.4 Å². The molecule has 0 N–H and O–H groups in total. The van der Waals surface area contributed by atoms with Crippen LogP contribution in [-0.4, -0.2) is 17.8 Å². The van der Waals surface area contributed by atoms with Crippen LogP contribution in [0.2, 0.25) is 0 Å². The number of cyclic esters (lactones) is 1. The Morgan fingerprint density at radius 3 is 2.33 bits per heavy atom. The fourth-order valence-electron chi connectivity index (χ4n) is 2.62. The van der Waals surface area contributed by atoms with Crippen LogP contribution >= 0.6 is 0 Å². The van der Waals surface area contributed by atoms with Crippen LogP contribution in [0.5, 0.6) is 5.75 Å². The molecule has 6 nitrogen and oxygen atoms in total.